The molecule has 4 fully saturated rings. The summed E-state index contributed by atoms with van der Waals surface area (Å²) in [7, 11) is 0. The van der Waals surface area contributed by atoms with Crippen LogP contribution in [0.15, 0.2) is 17.3 Å². The third-order valence-electron chi connectivity index (χ3n) is 9.34. The first-order valence-corrected chi connectivity index (χ1v) is 11.5. The number of Topliss-reactive ketones (excluding diaryl/α,β-unsaturated/α-hetero) is 1. The van der Waals surface area contributed by atoms with Crippen LogP contribution in [0.25, 0.3) is 0 Å². The fourth-order valence-electron chi connectivity index (χ4n) is 7.68. The first-order chi connectivity index (χ1) is 13.4. The molecule has 0 heterocycles. The third kappa shape index (κ3) is 3.07. The predicted octanol–water partition coefficient (Wildman–Crippen LogP) is 4.95. The Morgan fingerprint density at radius 3 is 2.79 bits per heavy atom. The molecular weight excluding hydrogens is 348 g/mol. The molecular formula is C24H38N2O2. The van der Waals surface area contributed by atoms with Gasteiger partial charge in [0.05, 0.1) is 5.71 Å². The zero-order chi connectivity index (χ0) is 19.9. The van der Waals surface area contributed by atoms with Crippen molar-refractivity contribution in [3.63, 3.8) is 0 Å². The van der Waals surface area contributed by atoms with Crippen LogP contribution in [-0.2, 0) is 4.79 Å². The molecule has 4 aliphatic rings. The van der Waals surface area contributed by atoms with Gasteiger partial charge in [-0.3, -0.25) is 4.79 Å². The molecule has 0 amide bonds. The van der Waals surface area contributed by atoms with Gasteiger partial charge < -0.3 is 10.9 Å². The van der Waals surface area contributed by atoms with Crippen LogP contribution in [0.2, 0.25) is 0 Å². The number of carbonyl (C=O) groups is 1. The summed E-state index contributed by atoms with van der Waals surface area (Å²) >= 11 is 0. The standard InChI is InChI=1S/C24H38N2O2/c1-23-11-9-16(6-4-3-5-13-25)14-20(23)21(26-28)15-17-18-7-8-22(27)24(18,2)12-10-19(17)23/h4,6,16-20,28H,3,5,7-15,25H2,1-2H3/b6-4-,26-21+/t16?,17-,18-,19-,20?,23+,24-/m0/s1. The van der Waals surface area contributed by atoms with Crippen molar-refractivity contribution >= 4 is 11.5 Å². The lowest BCUT2D eigenvalue weighted by atomic mass is 9.44. The number of rotatable bonds is 4. The highest BCUT2D eigenvalue weighted by atomic mass is 16.4. The molecule has 0 aromatic heterocycles. The van der Waals surface area contributed by atoms with Crippen LogP contribution in [-0.4, -0.2) is 23.2 Å². The maximum absolute atomic E-state index is 12.6. The summed E-state index contributed by atoms with van der Waals surface area (Å²) in [5.41, 5.74) is 6.73. The van der Waals surface area contributed by atoms with Crippen LogP contribution in [0, 0.1) is 40.4 Å². The molecule has 0 saturated heterocycles. The Morgan fingerprint density at radius 1 is 1.21 bits per heavy atom. The molecule has 4 heteroatoms. The number of hydrogen-bond donors (Lipinski definition) is 2. The largest absolute Gasteiger partial charge is 0.411 e. The first-order valence-electron chi connectivity index (χ1n) is 11.5. The fourth-order valence-corrected chi connectivity index (χ4v) is 7.68. The van der Waals surface area contributed by atoms with Crippen molar-refractivity contribution in [1.29, 1.82) is 0 Å². The van der Waals surface area contributed by atoms with Gasteiger partial charge in [0.2, 0.25) is 0 Å². The average molecular weight is 387 g/mol. The summed E-state index contributed by atoms with van der Waals surface area (Å²) in [4.78, 5) is 12.6. The van der Waals surface area contributed by atoms with E-state index in [0.717, 1.165) is 57.2 Å². The number of hydrogen-bond acceptors (Lipinski definition) is 4. The molecule has 4 rings (SSSR count). The van der Waals surface area contributed by atoms with Gasteiger partial charge in [-0.15, -0.1) is 0 Å². The third-order valence-corrected chi connectivity index (χ3v) is 9.34. The summed E-state index contributed by atoms with van der Waals surface area (Å²) in [6.45, 7) is 5.44. The van der Waals surface area contributed by atoms with E-state index >= 15 is 0 Å². The van der Waals surface area contributed by atoms with E-state index in [4.69, 9.17) is 5.73 Å². The lowest BCUT2D eigenvalue weighted by molar-refractivity contribution is -0.134. The maximum Gasteiger partial charge on any atom is 0.139 e. The fraction of sp³-hybridized carbons (Fsp3) is 0.833. The van der Waals surface area contributed by atoms with E-state index in [1.165, 1.54) is 19.3 Å². The van der Waals surface area contributed by atoms with Crippen LogP contribution in [0.1, 0.15) is 78.1 Å². The molecule has 3 N–H and O–H groups in total. The molecule has 4 aliphatic carbocycles. The summed E-state index contributed by atoms with van der Waals surface area (Å²) in [6, 6.07) is 0. The minimum absolute atomic E-state index is 0.117. The SMILES string of the molecule is C[C@]12CCC(/C=C\CCCN)CC1/C(=N/O)C[C@@H]1[C@@H]2CC[C@]2(C)C(=O)CC[C@@H]12. The van der Waals surface area contributed by atoms with Crippen molar-refractivity contribution < 1.29 is 10.0 Å². The van der Waals surface area contributed by atoms with Crippen molar-refractivity contribution in [2.75, 3.05) is 6.54 Å². The Kier molecular flexibility index (Phi) is 5.45. The van der Waals surface area contributed by atoms with Crippen LogP contribution in [0.4, 0.5) is 0 Å². The van der Waals surface area contributed by atoms with Crippen LogP contribution < -0.4 is 5.73 Å². The Morgan fingerprint density at radius 2 is 2.04 bits per heavy atom. The minimum atomic E-state index is -0.117. The number of allylic oxidation sites excluding steroid dienone is 2. The van der Waals surface area contributed by atoms with Crippen molar-refractivity contribution in [3.05, 3.63) is 12.2 Å². The van der Waals surface area contributed by atoms with Gasteiger partial charge in [-0.05, 0) is 93.4 Å². The van der Waals surface area contributed by atoms with Crippen LogP contribution in [0.3, 0.4) is 0 Å². The molecule has 4 nitrogen and oxygen atoms in total. The summed E-state index contributed by atoms with van der Waals surface area (Å²) < 4.78 is 0. The zero-order valence-electron chi connectivity index (χ0n) is 17.7. The lowest BCUT2D eigenvalue weighted by Gasteiger charge is -2.60. The van der Waals surface area contributed by atoms with Crippen LogP contribution >= 0.6 is 0 Å². The molecule has 0 bridgehead atoms. The summed E-state index contributed by atoms with van der Waals surface area (Å²) in [5.74, 6) is 3.14. The van der Waals surface area contributed by atoms with E-state index in [2.05, 4.69) is 31.2 Å². The number of ketones is 1. The van der Waals surface area contributed by atoms with Crippen LogP contribution in [0.5, 0.6) is 0 Å². The van der Waals surface area contributed by atoms with E-state index in [1.807, 2.05) is 0 Å². The summed E-state index contributed by atoms with van der Waals surface area (Å²) in [5, 5.41) is 13.8. The summed E-state index contributed by atoms with van der Waals surface area (Å²) in [6.07, 6.45) is 15.3. The van der Waals surface area contributed by atoms with Crippen molar-refractivity contribution in [3.8, 4) is 0 Å². The Labute approximate surface area is 170 Å². The minimum Gasteiger partial charge on any atom is -0.411 e. The van der Waals surface area contributed by atoms with Gasteiger partial charge in [0.15, 0.2) is 0 Å². The highest BCUT2D eigenvalue weighted by Gasteiger charge is 2.61. The smallest absolute Gasteiger partial charge is 0.139 e. The van der Waals surface area contributed by atoms with E-state index in [1.54, 1.807) is 0 Å². The molecule has 0 aromatic rings. The monoisotopic (exact) mass is 386 g/mol. The van der Waals surface area contributed by atoms with Gasteiger partial charge in [0, 0.05) is 17.8 Å². The van der Waals surface area contributed by atoms with Gasteiger partial charge in [0.1, 0.15) is 5.78 Å². The molecule has 0 radical (unpaired) electrons. The second-order valence-corrected chi connectivity index (χ2v) is 10.5. The number of carbonyl (C=O) groups excluding carboxylic acids is 1. The Balaban J connectivity index is 1.56. The average Bonchev–Trinajstić information content (AvgIpc) is 3.00. The highest BCUT2D eigenvalue weighted by Crippen LogP contribution is 2.65. The molecule has 2 unspecified atom stereocenters. The second-order valence-electron chi connectivity index (χ2n) is 10.5. The topological polar surface area (TPSA) is 75.7 Å². The molecule has 7 atom stereocenters. The number of fused-ring (bicyclic) bond motifs is 5. The van der Waals surface area contributed by atoms with Crippen molar-refractivity contribution in [2.24, 2.45) is 51.3 Å². The number of unbranched alkanes of at least 4 members (excludes halogenated alkanes) is 1. The predicted molar refractivity (Wildman–Crippen MR) is 112 cm³/mol. The molecule has 0 aliphatic heterocycles. The highest BCUT2D eigenvalue weighted by molar-refractivity contribution is 5.90. The van der Waals surface area contributed by atoms with Crippen molar-refractivity contribution in [2.45, 2.75) is 78.1 Å². The lowest BCUT2D eigenvalue weighted by Crippen LogP contribution is -2.56. The molecule has 156 valence electrons. The van der Waals surface area contributed by atoms with Gasteiger partial charge in [0.25, 0.3) is 0 Å². The van der Waals surface area contributed by atoms with Crippen molar-refractivity contribution in [1.82, 2.24) is 0 Å². The molecule has 28 heavy (non-hydrogen) atoms. The van der Waals surface area contributed by atoms with E-state index in [0.29, 0.717) is 35.4 Å². The van der Waals surface area contributed by atoms with E-state index < -0.39 is 0 Å². The van der Waals surface area contributed by atoms with Gasteiger partial charge in [-0.25, -0.2) is 0 Å². The van der Waals surface area contributed by atoms with Gasteiger partial charge in [-0.2, -0.15) is 0 Å². The maximum atomic E-state index is 12.6. The van der Waals surface area contributed by atoms with Gasteiger partial charge in [-0.1, -0.05) is 31.2 Å². The van der Waals surface area contributed by atoms with E-state index in [9.17, 15) is 10.0 Å². The number of nitrogens with zero attached hydrogens (tertiary/aromatic N) is 1. The first kappa shape index (κ1) is 20.1. The normalized spacial score (nSPS) is 47.2. The zero-order valence-corrected chi connectivity index (χ0v) is 17.7. The van der Waals surface area contributed by atoms with E-state index in [-0.39, 0.29) is 10.8 Å². The van der Waals surface area contributed by atoms with Gasteiger partial charge >= 0.3 is 0 Å². The Hall–Kier alpha value is -1.16. The molecule has 4 saturated carbocycles. The number of nitrogens with two attached hydrogens (primary N) is 1. The quantitative estimate of drug-likeness (QED) is 0.311. The molecule has 0 aromatic carbocycles. The molecule has 0 spiro atoms. The Bertz CT molecular complexity index is 672. The second kappa shape index (κ2) is 7.59. The number of oxime groups is 1.